The zero-order valence-corrected chi connectivity index (χ0v) is 10.1. The van der Waals surface area contributed by atoms with Gasteiger partial charge < -0.3 is 20.3 Å². The van der Waals surface area contributed by atoms with Gasteiger partial charge in [0.05, 0.1) is 0 Å². The van der Waals surface area contributed by atoms with Gasteiger partial charge in [0.1, 0.15) is 18.0 Å². The SMILES string of the molecule is CC1Cc2c(CN)c3c(c(O)c2O1)CC(C)O3. The molecule has 1 aromatic rings. The second-order valence-corrected chi connectivity index (χ2v) is 4.91. The minimum Gasteiger partial charge on any atom is -0.504 e. The van der Waals surface area contributed by atoms with Crippen LogP contribution in [0.3, 0.4) is 0 Å². The second-order valence-electron chi connectivity index (χ2n) is 4.91. The summed E-state index contributed by atoms with van der Waals surface area (Å²) in [6.45, 7) is 4.41. The van der Waals surface area contributed by atoms with E-state index in [4.69, 9.17) is 15.2 Å². The summed E-state index contributed by atoms with van der Waals surface area (Å²) < 4.78 is 11.5. The van der Waals surface area contributed by atoms with Crippen molar-refractivity contribution in [3.8, 4) is 17.2 Å². The first-order chi connectivity index (χ1) is 8.11. The molecule has 0 saturated heterocycles. The van der Waals surface area contributed by atoms with Crippen molar-refractivity contribution in [1.82, 2.24) is 0 Å². The third kappa shape index (κ3) is 1.40. The lowest BCUT2D eigenvalue weighted by Crippen LogP contribution is -2.09. The van der Waals surface area contributed by atoms with Crippen LogP contribution >= 0.6 is 0 Å². The van der Waals surface area contributed by atoms with Crippen molar-refractivity contribution in [2.75, 3.05) is 0 Å². The first kappa shape index (κ1) is 10.7. The lowest BCUT2D eigenvalue weighted by atomic mass is 9.97. The quantitative estimate of drug-likeness (QED) is 0.774. The van der Waals surface area contributed by atoms with Crippen LogP contribution in [0.5, 0.6) is 17.2 Å². The molecule has 2 unspecified atom stereocenters. The molecule has 3 N–H and O–H groups in total. The van der Waals surface area contributed by atoms with Gasteiger partial charge in [-0.25, -0.2) is 0 Å². The van der Waals surface area contributed by atoms with Crippen LogP contribution in [-0.4, -0.2) is 17.3 Å². The Labute approximate surface area is 100 Å². The van der Waals surface area contributed by atoms with Crippen molar-refractivity contribution in [1.29, 1.82) is 0 Å². The third-order valence-electron chi connectivity index (χ3n) is 3.51. The van der Waals surface area contributed by atoms with E-state index >= 15 is 0 Å². The molecule has 2 atom stereocenters. The summed E-state index contributed by atoms with van der Waals surface area (Å²) in [5, 5.41) is 10.2. The number of hydrogen-bond donors (Lipinski definition) is 2. The summed E-state index contributed by atoms with van der Waals surface area (Å²) in [6.07, 6.45) is 1.71. The van der Waals surface area contributed by atoms with Gasteiger partial charge in [-0.2, -0.15) is 0 Å². The molecule has 0 aliphatic carbocycles. The molecule has 1 aromatic carbocycles. The maximum absolute atomic E-state index is 10.2. The number of ether oxygens (including phenoxy) is 2. The molecule has 3 rings (SSSR count). The number of hydrogen-bond acceptors (Lipinski definition) is 4. The van der Waals surface area contributed by atoms with Gasteiger partial charge in [0.15, 0.2) is 11.5 Å². The van der Waals surface area contributed by atoms with Crippen LogP contribution in [0.15, 0.2) is 0 Å². The highest BCUT2D eigenvalue weighted by atomic mass is 16.5. The van der Waals surface area contributed by atoms with Crippen molar-refractivity contribution in [2.24, 2.45) is 5.73 Å². The molecule has 0 radical (unpaired) electrons. The van der Waals surface area contributed by atoms with E-state index in [1.807, 2.05) is 13.8 Å². The largest absolute Gasteiger partial charge is 0.504 e. The van der Waals surface area contributed by atoms with Gasteiger partial charge in [-0.15, -0.1) is 0 Å². The highest BCUT2D eigenvalue weighted by Crippen LogP contribution is 2.50. The van der Waals surface area contributed by atoms with Crippen LogP contribution < -0.4 is 15.2 Å². The van der Waals surface area contributed by atoms with Crippen molar-refractivity contribution in [2.45, 2.75) is 45.4 Å². The predicted octanol–water partition coefficient (Wildman–Crippen LogP) is 1.50. The average Bonchev–Trinajstić information content (AvgIpc) is 2.83. The zero-order valence-electron chi connectivity index (χ0n) is 10.1. The normalized spacial score (nSPS) is 25.1. The molecule has 2 aliphatic heterocycles. The van der Waals surface area contributed by atoms with Gasteiger partial charge in [-0.1, -0.05) is 0 Å². The van der Waals surface area contributed by atoms with E-state index in [0.717, 1.165) is 35.3 Å². The van der Waals surface area contributed by atoms with Gasteiger partial charge in [0.2, 0.25) is 0 Å². The van der Waals surface area contributed by atoms with Crippen molar-refractivity contribution in [3.63, 3.8) is 0 Å². The second kappa shape index (κ2) is 3.53. The fraction of sp³-hybridized carbons (Fsp3) is 0.538. The summed E-state index contributed by atoms with van der Waals surface area (Å²) in [7, 11) is 0. The van der Waals surface area contributed by atoms with Gasteiger partial charge in [-0.05, 0) is 13.8 Å². The minimum absolute atomic E-state index is 0.0983. The Morgan fingerprint density at radius 1 is 1.12 bits per heavy atom. The Kier molecular flexibility index (Phi) is 2.23. The maximum Gasteiger partial charge on any atom is 0.165 e. The van der Waals surface area contributed by atoms with Crippen LogP contribution in [0.2, 0.25) is 0 Å². The molecule has 0 amide bonds. The zero-order chi connectivity index (χ0) is 12.2. The van der Waals surface area contributed by atoms with Crippen LogP contribution in [0.25, 0.3) is 0 Å². The first-order valence-electron chi connectivity index (χ1n) is 6.04. The third-order valence-corrected chi connectivity index (χ3v) is 3.51. The number of fused-ring (bicyclic) bond motifs is 2. The fourth-order valence-corrected chi connectivity index (χ4v) is 2.79. The number of phenolic OH excluding ortho intramolecular Hbond substituents is 1. The van der Waals surface area contributed by atoms with E-state index in [-0.39, 0.29) is 18.0 Å². The van der Waals surface area contributed by atoms with Crippen LogP contribution in [0, 0.1) is 0 Å². The lowest BCUT2D eigenvalue weighted by molar-refractivity contribution is 0.244. The summed E-state index contributed by atoms with van der Waals surface area (Å²) in [4.78, 5) is 0. The smallest absolute Gasteiger partial charge is 0.165 e. The summed E-state index contributed by atoms with van der Waals surface area (Å²) >= 11 is 0. The molecule has 92 valence electrons. The van der Waals surface area contributed by atoms with E-state index in [9.17, 15) is 5.11 Å². The van der Waals surface area contributed by atoms with Crippen molar-refractivity contribution in [3.05, 3.63) is 16.7 Å². The number of benzene rings is 1. The van der Waals surface area contributed by atoms with Crippen molar-refractivity contribution < 1.29 is 14.6 Å². The van der Waals surface area contributed by atoms with Gasteiger partial charge in [0, 0.05) is 36.1 Å². The average molecular weight is 235 g/mol. The number of nitrogens with two attached hydrogens (primary N) is 1. The van der Waals surface area contributed by atoms with Crippen LogP contribution in [-0.2, 0) is 19.4 Å². The molecule has 4 heteroatoms. The van der Waals surface area contributed by atoms with E-state index in [2.05, 4.69) is 0 Å². The molecular weight excluding hydrogens is 218 g/mol. The van der Waals surface area contributed by atoms with Crippen LogP contribution in [0.4, 0.5) is 0 Å². The van der Waals surface area contributed by atoms with Gasteiger partial charge in [-0.3, -0.25) is 0 Å². The predicted molar refractivity (Wildman–Crippen MR) is 63.6 cm³/mol. The minimum atomic E-state index is 0.0983. The molecule has 0 bridgehead atoms. The Morgan fingerprint density at radius 3 is 2.35 bits per heavy atom. The fourth-order valence-electron chi connectivity index (χ4n) is 2.79. The van der Waals surface area contributed by atoms with Gasteiger partial charge >= 0.3 is 0 Å². The summed E-state index contributed by atoms with van der Waals surface area (Å²) in [5.74, 6) is 1.66. The monoisotopic (exact) mass is 235 g/mol. The molecule has 0 spiro atoms. The Bertz CT molecular complexity index is 445. The molecule has 17 heavy (non-hydrogen) atoms. The van der Waals surface area contributed by atoms with E-state index in [0.29, 0.717) is 12.3 Å². The molecule has 0 aromatic heterocycles. The summed E-state index contributed by atoms with van der Waals surface area (Å²) in [5.41, 5.74) is 8.69. The number of aromatic hydroxyl groups is 1. The molecule has 0 fully saturated rings. The lowest BCUT2D eigenvalue weighted by Gasteiger charge is -2.13. The summed E-state index contributed by atoms with van der Waals surface area (Å²) in [6, 6.07) is 0. The highest BCUT2D eigenvalue weighted by molar-refractivity contribution is 5.65. The van der Waals surface area contributed by atoms with E-state index in [1.54, 1.807) is 0 Å². The standard InChI is InChI=1S/C13H17NO3/c1-6-3-8-10(5-14)12-9(4-7(2)16-12)11(15)13(8)17-6/h6-7,15H,3-5,14H2,1-2H3. The maximum atomic E-state index is 10.2. The number of phenols is 1. The van der Waals surface area contributed by atoms with Gasteiger partial charge in [0.25, 0.3) is 0 Å². The van der Waals surface area contributed by atoms with E-state index < -0.39 is 0 Å². The Morgan fingerprint density at radius 2 is 1.71 bits per heavy atom. The molecular formula is C13H17NO3. The molecule has 2 aliphatic rings. The highest BCUT2D eigenvalue weighted by Gasteiger charge is 2.35. The topological polar surface area (TPSA) is 64.7 Å². The van der Waals surface area contributed by atoms with E-state index in [1.165, 1.54) is 0 Å². The van der Waals surface area contributed by atoms with Crippen LogP contribution in [0.1, 0.15) is 30.5 Å². The Hall–Kier alpha value is -1.42. The number of rotatable bonds is 1. The molecule has 2 heterocycles. The molecule has 4 nitrogen and oxygen atoms in total. The first-order valence-corrected chi connectivity index (χ1v) is 6.04. The molecule has 0 saturated carbocycles. The Balaban J connectivity index is 2.23. The van der Waals surface area contributed by atoms with Crippen molar-refractivity contribution >= 4 is 0 Å².